The summed E-state index contributed by atoms with van der Waals surface area (Å²) in [7, 11) is 1.51. The molecular weight excluding hydrogens is 283 g/mol. The predicted molar refractivity (Wildman–Crippen MR) is 71.5 cm³/mol. The highest BCUT2D eigenvalue weighted by molar-refractivity contribution is 9.09. The molecule has 1 fully saturated rings. The molecule has 1 nitrogen and oxygen atoms in total. The lowest BCUT2D eigenvalue weighted by Crippen LogP contribution is -2.12. The average Bonchev–Trinajstić information content (AvgIpc) is 2.55. The number of hydrogen-bond donors (Lipinski definition) is 0. The third-order valence-electron chi connectivity index (χ3n) is 3.54. The molecule has 0 spiro atoms. The van der Waals surface area contributed by atoms with Crippen molar-refractivity contribution in [2.24, 2.45) is 0 Å². The van der Waals surface area contributed by atoms with Gasteiger partial charge in [0, 0.05) is 4.83 Å². The molecule has 3 heteroatoms. The number of halogens is 2. The van der Waals surface area contributed by atoms with Crippen LogP contribution in [-0.2, 0) is 0 Å². The van der Waals surface area contributed by atoms with E-state index in [-0.39, 0.29) is 11.7 Å². The fourth-order valence-electron chi connectivity index (χ4n) is 2.58. The molecule has 17 heavy (non-hydrogen) atoms. The number of hydrogen-bond acceptors (Lipinski definition) is 1. The fourth-order valence-corrected chi connectivity index (χ4v) is 3.46. The van der Waals surface area contributed by atoms with E-state index in [4.69, 9.17) is 4.74 Å². The Morgan fingerprint density at radius 1 is 1.24 bits per heavy atom. The van der Waals surface area contributed by atoms with Gasteiger partial charge in [0.15, 0.2) is 11.6 Å². The van der Waals surface area contributed by atoms with E-state index >= 15 is 0 Å². The fraction of sp³-hybridized carbons (Fsp3) is 0.571. The molecule has 2 atom stereocenters. The Labute approximate surface area is 110 Å². The summed E-state index contributed by atoms with van der Waals surface area (Å²) in [6, 6.07) is 5.45. The molecule has 1 aliphatic rings. The van der Waals surface area contributed by atoms with Crippen LogP contribution in [0.2, 0.25) is 0 Å². The van der Waals surface area contributed by atoms with E-state index in [2.05, 4.69) is 15.9 Å². The van der Waals surface area contributed by atoms with Crippen molar-refractivity contribution in [2.45, 2.75) is 42.8 Å². The highest BCUT2D eigenvalue weighted by Gasteiger charge is 2.26. The molecule has 0 N–H and O–H groups in total. The van der Waals surface area contributed by atoms with E-state index in [1.54, 1.807) is 6.07 Å². The van der Waals surface area contributed by atoms with Crippen LogP contribution in [0.15, 0.2) is 18.2 Å². The lowest BCUT2D eigenvalue weighted by atomic mass is 9.91. The molecule has 0 saturated heterocycles. The Bertz CT molecular complexity index is 380. The van der Waals surface area contributed by atoms with E-state index in [0.29, 0.717) is 10.6 Å². The van der Waals surface area contributed by atoms with E-state index in [0.717, 1.165) is 18.4 Å². The minimum absolute atomic E-state index is 0.189. The Kier molecular flexibility index (Phi) is 4.43. The van der Waals surface area contributed by atoms with Gasteiger partial charge >= 0.3 is 0 Å². The molecule has 1 aromatic rings. The quantitative estimate of drug-likeness (QED) is 0.571. The van der Waals surface area contributed by atoms with Crippen LogP contribution in [0.3, 0.4) is 0 Å². The molecule has 1 aromatic carbocycles. The first-order valence-electron chi connectivity index (χ1n) is 6.20. The minimum atomic E-state index is -0.189. The topological polar surface area (TPSA) is 9.23 Å². The first kappa shape index (κ1) is 12.9. The molecular formula is C14H18BrFO. The molecule has 1 saturated carbocycles. The Hall–Kier alpha value is -0.570. The van der Waals surface area contributed by atoms with Crippen molar-refractivity contribution in [1.82, 2.24) is 0 Å². The van der Waals surface area contributed by atoms with Gasteiger partial charge in [0.2, 0.25) is 0 Å². The van der Waals surface area contributed by atoms with Crippen LogP contribution >= 0.6 is 15.9 Å². The molecule has 0 amide bonds. The SMILES string of the molecule is COc1cccc(C2CCCCCC2Br)c1F. The van der Waals surface area contributed by atoms with E-state index in [1.807, 2.05) is 12.1 Å². The van der Waals surface area contributed by atoms with Gasteiger partial charge in [0.1, 0.15) is 0 Å². The van der Waals surface area contributed by atoms with Gasteiger partial charge in [-0.25, -0.2) is 4.39 Å². The van der Waals surface area contributed by atoms with Crippen molar-refractivity contribution in [2.75, 3.05) is 7.11 Å². The summed E-state index contributed by atoms with van der Waals surface area (Å²) in [6.07, 6.45) is 5.85. The molecule has 2 rings (SSSR count). The van der Waals surface area contributed by atoms with Crippen LogP contribution in [-0.4, -0.2) is 11.9 Å². The molecule has 0 bridgehead atoms. The van der Waals surface area contributed by atoms with Gasteiger partial charge in [-0.2, -0.15) is 0 Å². The van der Waals surface area contributed by atoms with Crippen LogP contribution in [0.25, 0.3) is 0 Å². The highest BCUT2D eigenvalue weighted by Crippen LogP contribution is 2.38. The number of rotatable bonds is 2. The third-order valence-corrected chi connectivity index (χ3v) is 4.64. The van der Waals surface area contributed by atoms with Gasteiger partial charge in [0.25, 0.3) is 0 Å². The van der Waals surface area contributed by atoms with Gasteiger partial charge in [-0.15, -0.1) is 0 Å². The summed E-state index contributed by atoms with van der Waals surface area (Å²) in [5.74, 6) is 0.436. The zero-order valence-electron chi connectivity index (χ0n) is 10.1. The Morgan fingerprint density at radius 2 is 2.00 bits per heavy atom. The smallest absolute Gasteiger partial charge is 0.168 e. The third kappa shape index (κ3) is 2.82. The lowest BCUT2D eigenvalue weighted by Gasteiger charge is -2.21. The molecule has 0 radical (unpaired) electrons. The van der Waals surface area contributed by atoms with Crippen LogP contribution < -0.4 is 4.74 Å². The summed E-state index contributed by atoms with van der Waals surface area (Å²) >= 11 is 3.71. The maximum atomic E-state index is 14.2. The summed E-state index contributed by atoms with van der Waals surface area (Å²) in [4.78, 5) is 0.381. The van der Waals surface area contributed by atoms with E-state index in [9.17, 15) is 4.39 Å². The molecule has 0 heterocycles. The summed E-state index contributed by atoms with van der Waals surface area (Å²) in [5, 5.41) is 0. The van der Waals surface area contributed by atoms with Crippen LogP contribution in [0, 0.1) is 5.82 Å². The summed E-state index contributed by atoms with van der Waals surface area (Å²) < 4.78 is 19.3. The van der Waals surface area contributed by atoms with Gasteiger partial charge in [-0.05, 0) is 30.4 Å². The summed E-state index contributed by atoms with van der Waals surface area (Å²) in [5.41, 5.74) is 0.799. The number of benzene rings is 1. The second kappa shape index (κ2) is 5.85. The van der Waals surface area contributed by atoms with Gasteiger partial charge in [-0.3, -0.25) is 0 Å². The molecule has 1 aliphatic carbocycles. The monoisotopic (exact) mass is 300 g/mol. The number of methoxy groups -OCH3 is 1. The first-order valence-corrected chi connectivity index (χ1v) is 7.12. The standard InChI is InChI=1S/C14H18BrFO/c1-17-13-9-5-7-11(14(13)16)10-6-3-2-4-8-12(10)15/h5,7,9-10,12H,2-4,6,8H2,1H3. The van der Waals surface area contributed by atoms with Gasteiger partial charge in [0.05, 0.1) is 7.11 Å². The second-order valence-electron chi connectivity index (χ2n) is 4.62. The number of ether oxygens (including phenoxy) is 1. The van der Waals surface area contributed by atoms with Crippen molar-refractivity contribution in [3.05, 3.63) is 29.6 Å². The normalized spacial score (nSPS) is 25.4. The maximum absolute atomic E-state index is 14.2. The van der Waals surface area contributed by atoms with Crippen molar-refractivity contribution in [1.29, 1.82) is 0 Å². The Balaban J connectivity index is 2.31. The highest BCUT2D eigenvalue weighted by atomic mass is 79.9. The van der Waals surface area contributed by atoms with Gasteiger partial charge < -0.3 is 4.74 Å². The molecule has 0 aromatic heterocycles. The van der Waals surface area contributed by atoms with Crippen molar-refractivity contribution < 1.29 is 9.13 Å². The van der Waals surface area contributed by atoms with Crippen LogP contribution in [0.1, 0.15) is 43.6 Å². The zero-order chi connectivity index (χ0) is 12.3. The molecule has 2 unspecified atom stereocenters. The van der Waals surface area contributed by atoms with E-state index < -0.39 is 0 Å². The van der Waals surface area contributed by atoms with Crippen molar-refractivity contribution in [3.63, 3.8) is 0 Å². The second-order valence-corrected chi connectivity index (χ2v) is 5.80. The first-order chi connectivity index (χ1) is 8.24. The van der Waals surface area contributed by atoms with E-state index in [1.165, 1.54) is 26.4 Å². The van der Waals surface area contributed by atoms with Crippen LogP contribution in [0.5, 0.6) is 5.75 Å². The lowest BCUT2D eigenvalue weighted by molar-refractivity contribution is 0.381. The Morgan fingerprint density at radius 3 is 2.76 bits per heavy atom. The molecule has 0 aliphatic heterocycles. The predicted octanol–water partition coefficient (Wildman–Crippen LogP) is 4.65. The molecule has 94 valence electrons. The van der Waals surface area contributed by atoms with Crippen molar-refractivity contribution >= 4 is 15.9 Å². The largest absolute Gasteiger partial charge is 0.494 e. The zero-order valence-corrected chi connectivity index (χ0v) is 11.7. The summed E-state index contributed by atoms with van der Waals surface area (Å²) in [6.45, 7) is 0. The van der Waals surface area contributed by atoms with Gasteiger partial charge in [-0.1, -0.05) is 47.3 Å². The number of alkyl halides is 1. The maximum Gasteiger partial charge on any atom is 0.168 e. The average molecular weight is 301 g/mol. The van der Waals surface area contributed by atoms with Crippen molar-refractivity contribution in [3.8, 4) is 5.75 Å². The van der Waals surface area contributed by atoms with Crippen LogP contribution in [0.4, 0.5) is 4.39 Å². The minimum Gasteiger partial charge on any atom is -0.494 e.